The zero-order valence-corrected chi connectivity index (χ0v) is 13.8. The van der Waals surface area contributed by atoms with Crippen LogP contribution in [0.25, 0.3) is 0 Å². The van der Waals surface area contributed by atoms with Crippen molar-refractivity contribution in [1.29, 1.82) is 5.26 Å². The molecule has 0 radical (unpaired) electrons. The molecule has 3 rings (SSSR count). The van der Waals surface area contributed by atoms with Crippen LogP contribution in [0.5, 0.6) is 5.75 Å². The number of nitrogens with two attached hydrogens (primary N) is 1. The van der Waals surface area contributed by atoms with Gasteiger partial charge in [0.15, 0.2) is 0 Å². The van der Waals surface area contributed by atoms with Gasteiger partial charge in [0.2, 0.25) is 0 Å². The summed E-state index contributed by atoms with van der Waals surface area (Å²) in [4.78, 5) is 8.93. The number of nitrogens with zero attached hydrogens (tertiary/aromatic N) is 4. The zero-order chi connectivity index (χ0) is 16.9. The molecule has 0 saturated carbocycles. The Morgan fingerprint density at radius 2 is 1.83 bits per heavy atom. The highest BCUT2D eigenvalue weighted by molar-refractivity contribution is 5.59. The Balaban J connectivity index is 1.76. The monoisotopic (exact) mass is 323 g/mol. The number of methoxy groups -OCH3 is 1. The zero-order valence-electron chi connectivity index (χ0n) is 13.8. The number of pyridine rings is 1. The number of rotatable bonds is 3. The Morgan fingerprint density at radius 1 is 1.08 bits per heavy atom. The molecule has 0 aliphatic carbocycles. The van der Waals surface area contributed by atoms with Crippen molar-refractivity contribution >= 4 is 17.3 Å². The first-order chi connectivity index (χ1) is 11.7. The number of nitriles is 1. The molecule has 0 bridgehead atoms. The van der Waals surface area contributed by atoms with Gasteiger partial charge in [0.25, 0.3) is 0 Å². The maximum atomic E-state index is 8.97. The molecule has 0 unspecified atom stereocenters. The second kappa shape index (κ2) is 7.09. The van der Waals surface area contributed by atoms with Gasteiger partial charge in [-0.05, 0) is 30.7 Å². The lowest BCUT2D eigenvalue weighted by Gasteiger charge is -2.25. The highest BCUT2D eigenvalue weighted by Gasteiger charge is 2.19. The summed E-state index contributed by atoms with van der Waals surface area (Å²) in [5, 5.41) is 8.97. The summed E-state index contributed by atoms with van der Waals surface area (Å²) in [7, 11) is 1.70. The quantitative estimate of drug-likeness (QED) is 0.933. The highest BCUT2D eigenvalue weighted by Crippen LogP contribution is 2.29. The lowest BCUT2D eigenvalue weighted by Crippen LogP contribution is -2.31. The summed E-state index contributed by atoms with van der Waals surface area (Å²) < 4.78 is 5.48. The van der Waals surface area contributed by atoms with Crippen LogP contribution in [0.4, 0.5) is 17.3 Å². The number of ether oxygens (including phenoxy) is 1. The van der Waals surface area contributed by atoms with E-state index >= 15 is 0 Å². The van der Waals surface area contributed by atoms with E-state index in [-0.39, 0.29) is 0 Å². The number of anilines is 3. The van der Waals surface area contributed by atoms with Crippen molar-refractivity contribution in [3.63, 3.8) is 0 Å². The average Bonchev–Trinajstić information content (AvgIpc) is 2.87. The highest BCUT2D eigenvalue weighted by atomic mass is 16.5. The molecule has 124 valence electrons. The average molecular weight is 323 g/mol. The molecule has 1 aromatic carbocycles. The SMILES string of the molecule is COc1ccccc1N1CCCN(c2ccc(C#N)c(N)n2)CC1. The molecular weight excluding hydrogens is 302 g/mol. The molecule has 1 saturated heterocycles. The van der Waals surface area contributed by atoms with Crippen molar-refractivity contribution in [1.82, 2.24) is 4.98 Å². The largest absolute Gasteiger partial charge is 0.495 e. The van der Waals surface area contributed by atoms with E-state index in [1.807, 2.05) is 24.3 Å². The van der Waals surface area contributed by atoms with Gasteiger partial charge >= 0.3 is 0 Å². The molecule has 1 aliphatic rings. The summed E-state index contributed by atoms with van der Waals surface area (Å²) in [6.07, 6.45) is 1.01. The van der Waals surface area contributed by atoms with Gasteiger partial charge in [-0.3, -0.25) is 0 Å². The third-order valence-electron chi connectivity index (χ3n) is 4.28. The van der Waals surface area contributed by atoms with Crippen LogP contribution in [0.2, 0.25) is 0 Å². The maximum Gasteiger partial charge on any atom is 0.143 e. The van der Waals surface area contributed by atoms with Crippen LogP contribution < -0.4 is 20.3 Å². The minimum Gasteiger partial charge on any atom is -0.495 e. The number of hydrogen-bond donors (Lipinski definition) is 1. The first-order valence-electron chi connectivity index (χ1n) is 8.02. The molecule has 2 aromatic rings. The van der Waals surface area contributed by atoms with Gasteiger partial charge in [-0.15, -0.1) is 0 Å². The summed E-state index contributed by atoms with van der Waals surface area (Å²) >= 11 is 0. The first kappa shape index (κ1) is 15.9. The molecule has 1 aromatic heterocycles. The molecule has 6 nitrogen and oxygen atoms in total. The van der Waals surface area contributed by atoms with Gasteiger partial charge in [0.05, 0.1) is 18.4 Å². The number of para-hydroxylation sites is 2. The Labute approximate surface area is 142 Å². The van der Waals surface area contributed by atoms with E-state index in [0.29, 0.717) is 11.4 Å². The fraction of sp³-hybridized carbons (Fsp3) is 0.333. The van der Waals surface area contributed by atoms with E-state index in [1.54, 1.807) is 13.2 Å². The lowest BCUT2D eigenvalue weighted by molar-refractivity contribution is 0.414. The maximum absolute atomic E-state index is 8.97. The fourth-order valence-corrected chi connectivity index (χ4v) is 3.01. The van der Waals surface area contributed by atoms with Crippen LogP contribution in [0.3, 0.4) is 0 Å². The van der Waals surface area contributed by atoms with Crippen molar-refractivity contribution in [3.8, 4) is 11.8 Å². The predicted octanol–water partition coefficient (Wildman–Crippen LogP) is 2.26. The van der Waals surface area contributed by atoms with Crippen molar-refractivity contribution in [2.24, 2.45) is 0 Å². The smallest absolute Gasteiger partial charge is 0.143 e. The third-order valence-corrected chi connectivity index (χ3v) is 4.28. The van der Waals surface area contributed by atoms with E-state index in [1.165, 1.54) is 0 Å². The topological polar surface area (TPSA) is 78.4 Å². The molecular formula is C18H21N5O. The molecule has 24 heavy (non-hydrogen) atoms. The molecule has 0 spiro atoms. The van der Waals surface area contributed by atoms with Gasteiger partial charge in [-0.25, -0.2) is 4.98 Å². The Morgan fingerprint density at radius 3 is 2.58 bits per heavy atom. The van der Waals surface area contributed by atoms with Crippen LogP contribution in [-0.4, -0.2) is 38.3 Å². The number of hydrogen-bond acceptors (Lipinski definition) is 6. The second-order valence-electron chi connectivity index (χ2n) is 5.71. The molecule has 2 heterocycles. The Kier molecular flexibility index (Phi) is 4.71. The number of aromatic nitrogens is 1. The summed E-state index contributed by atoms with van der Waals surface area (Å²) in [6, 6.07) is 13.7. The van der Waals surface area contributed by atoms with Crippen molar-refractivity contribution < 1.29 is 4.74 Å². The lowest BCUT2D eigenvalue weighted by atomic mass is 10.2. The van der Waals surface area contributed by atoms with E-state index in [4.69, 9.17) is 15.7 Å². The van der Waals surface area contributed by atoms with Gasteiger partial charge in [0.1, 0.15) is 23.5 Å². The summed E-state index contributed by atoms with van der Waals surface area (Å²) in [5.74, 6) is 2.01. The normalized spacial score (nSPS) is 14.8. The molecule has 1 aliphatic heterocycles. The van der Waals surface area contributed by atoms with Crippen LogP contribution in [0.1, 0.15) is 12.0 Å². The number of nitrogen functional groups attached to an aromatic ring is 1. The van der Waals surface area contributed by atoms with E-state index in [9.17, 15) is 0 Å². The predicted molar refractivity (Wildman–Crippen MR) is 95.4 cm³/mol. The first-order valence-corrected chi connectivity index (χ1v) is 8.02. The second-order valence-corrected chi connectivity index (χ2v) is 5.71. The van der Waals surface area contributed by atoms with Crippen LogP contribution in [-0.2, 0) is 0 Å². The van der Waals surface area contributed by atoms with Crippen LogP contribution >= 0.6 is 0 Å². The molecule has 0 amide bonds. The molecule has 6 heteroatoms. The summed E-state index contributed by atoms with van der Waals surface area (Å²) in [6.45, 7) is 3.59. The Bertz CT molecular complexity index is 755. The van der Waals surface area contributed by atoms with E-state index in [2.05, 4.69) is 26.9 Å². The minimum atomic E-state index is 0.292. The van der Waals surface area contributed by atoms with Crippen molar-refractivity contribution in [2.45, 2.75) is 6.42 Å². The van der Waals surface area contributed by atoms with Gasteiger partial charge in [0, 0.05) is 26.2 Å². The number of benzene rings is 1. The van der Waals surface area contributed by atoms with E-state index in [0.717, 1.165) is 49.9 Å². The van der Waals surface area contributed by atoms with Gasteiger partial charge in [-0.1, -0.05) is 12.1 Å². The van der Waals surface area contributed by atoms with Crippen LogP contribution in [0.15, 0.2) is 36.4 Å². The van der Waals surface area contributed by atoms with Crippen molar-refractivity contribution in [3.05, 3.63) is 42.0 Å². The summed E-state index contributed by atoms with van der Waals surface area (Å²) in [5.41, 5.74) is 7.39. The standard InChI is InChI=1S/C18H21N5O/c1-24-16-6-3-2-5-15(16)22-9-4-10-23(12-11-22)17-8-7-14(13-19)18(20)21-17/h2-3,5-8H,4,9-12H2,1H3,(H2,20,21). The third kappa shape index (κ3) is 3.20. The van der Waals surface area contributed by atoms with E-state index < -0.39 is 0 Å². The molecule has 1 fully saturated rings. The van der Waals surface area contributed by atoms with Crippen molar-refractivity contribution in [2.75, 3.05) is 48.8 Å². The molecule has 0 atom stereocenters. The van der Waals surface area contributed by atoms with Gasteiger partial charge in [-0.2, -0.15) is 5.26 Å². The molecule has 2 N–H and O–H groups in total. The van der Waals surface area contributed by atoms with Crippen LogP contribution in [0, 0.1) is 11.3 Å². The Hall–Kier alpha value is -2.94. The van der Waals surface area contributed by atoms with Gasteiger partial charge < -0.3 is 20.3 Å². The fourth-order valence-electron chi connectivity index (χ4n) is 3.01. The minimum absolute atomic E-state index is 0.292.